The molecule has 0 unspecified atom stereocenters. The first-order valence-electron chi connectivity index (χ1n) is 4.36. The summed E-state index contributed by atoms with van der Waals surface area (Å²) in [7, 11) is 0. The largest absolute Gasteiger partial charge is 0.387 e. The van der Waals surface area contributed by atoms with E-state index in [0.717, 1.165) is 25.0 Å². The van der Waals surface area contributed by atoms with Gasteiger partial charge in [0.05, 0.1) is 5.41 Å². The first-order valence-corrected chi connectivity index (χ1v) is 4.36. The predicted octanol–water partition coefficient (Wildman–Crippen LogP) is 1.93. The highest BCUT2D eigenvalue weighted by Gasteiger charge is 2.47. The van der Waals surface area contributed by atoms with Crippen LogP contribution in [0.25, 0.3) is 0 Å². The molecule has 2 rings (SSSR count). The van der Waals surface area contributed by atoms with Crippen LogP contribution < -0.4 is 5.73 Å². The molecule has 74 valence electrons. The van der Waals surface area contributed by atoms with Gasteiger partial charge in [-0.1, -0.05) is 6.07 Å². The molecule has 1 saturated carbocycles. The molecular formula is C10H10F2N2. The number of halogens is 2. The molecule has 0 atom stereocenters. The van der Waals surface area contributed by atoms with Crippen LogP contribution in [0.2, 0.25) is 0 Å². The van der Waals surface area contributed by atoms with Crippen LogP contribution in [0.4, 0.5) is 8.78 Å². The van der Waals surface area contributed by atoms with E-state index in [1.54, 1.807) is 0 Å². The number of benzene rings is 1. The molecule has 0 saturated heterocycles. The molecule has 1 fully saturated rings. The Balaban J connectivity index is 2.43. The smallest absolute Gasteiger partial charge is 0.159 e. The third-order valence-corrected chi connectivity index (χ3v) is 2.74. The molecule has 0 aliphatic heterocycles. The Morgan fingerprint density at radius 3 is 2.36 bits per heavy atom. The normalized spacial score (nSPS) is 17.9. The lowest BCUT2D eigenvalue weighted by Crippen LogP contribution is -2.27. The molecule has 4 heteroatoms. The van der Waals surface area contributed by atoms with Crippen molar-refractivity contribution in [1.82, 2.24) is 0 Å². The summed E-state index contributed by atoms with van der Waals surface area (Å²) in [6.07, 6.45) is 1.49. The van der Waals surface area contributed by atoms with Crippen molar-refractivity contribution < 1.29 is 8.78 Å². The minimum atomic E-state index is -0.880. The van der Waals surface area contributed by atoms with Gasteiger partial charge in [-0.3, -0.25) is 5.41 Å². The van der Waals surface area contributed by atoms with Crippen molar-refractivity contribution in [2.45, 2.75) is 18.3 Å². The Bertz CT molecular complexity index is 397. The van der Waals surface area contributed by atoms with Gasteiger partial charge in [-0.25, -0.2) is 8.78 Å². The van der Waals surface area contributed by atoms with E-state index >= 15 is 0 Å². The van der Waals surface area contributed by atoms with Gasteiger partial charge in [0.15, 0.2) is 11.6 Å². The van der Waals surface area contributed by atoms with Gasteiger partial charge in [-0.05, 0) is 30.5 Å². The van der Waals surface area contributed by atoms with E-state index in [0.29, 0.717) is 5.56 Å². The van der Waals surface area contributed by atoms with Crippen LogP contribution in [0, 0.1) is 17.0 Å². The molecule has 3 N–H and O–H groups in total. The van der Waals surface area contributed by atoms with Gasteiger partial charge in [-0.2, -0.15) is 0 Å². The van der Waals surface area contributed by atoms with Crippen LogP contribution in [0.3, 0.4) is 0 Å². The van der Waals surface area contributed by atoms with Crippen molar-refractivity contribution >= 4 is 5.84 Å². The highest BCUT2D eigenvalue weighted by Crippen LogP contribution is 2.48. The fourth-order valence-electron chi connectivity index (χ4n) is 1.63. The molecule has 0 bridgehead atoms. The van der Waals surface area contributed by atoms with Gasteiger partial charge in [-0.15, -0.1) is 0 Å². The van der Waals surface area contributed by atoms with Crippen LogP contribution in [0.5, 0.6) is 0 Å². The number of nitrogens with two attached hydrogens (primary N) is 1. The zero-order valence-electron chi connectivity index (χ0n) is 7.48. The molecular weight excluding hydrogens is 186 g/mol. The molecule has 1 aromatic rings. The van der Waals surface area contributed by atoms with Crippen LogP contribution in [0.1, 0.15) is 18.4 Å². The maximum Gasteiger partial charge on any atom is 0.159 e. The second-order valence-electron chi connectivity index (χ2n) is 3.62. The number of hydrogen-bond donors (Lipinski definition) is 2. The molecule has 14 heavy (non-hydrogen) atoms. The molecule has 0 radical (unpaired) electrons. The SMILES string of the molecule is N=C(N)C1(c2ccc(F)c(F)c2)CC1. The molecule has 1 aromatic carbocycles. The van der Waals surface area contributed by atoms with Gasteiger partial charge in [0.2, 0.25) is 0 Å². The van der Waals surface area contributed by atoms with E-state index in [4.69, 9.17) is 11.1 Å². The monoisotopic (exact) mass is 196 g/mol. The molecule has 1 aliphatic rings. The number of amidine groups is 1. The molecule has 0 amide bonds. The molecule has 1 aliphatic carbocycles. The van der Waals surface area contributed by atoms with Gasteiger partial charge >= 0.3 is 0 Å². The summed E-state index contributed by atoms with van der Waals surface area (Å²) in [5, 5.41) is 7.38. The lowest BCUT2D eigenvalue weighted by molar-refractivity contribution is 0.506. The first-order chi connectivity index (χ1) is 6.56. The number of nitrogens with one attached hydrogen (secondary N) is 1. The predicted molar refractivity (Wildman–Crippen MR) is 49.2 cm³/mol. The fourth-order valence-corrected chi connectivity index (χ4v) is 1.63. The summed E-state index contributed by atoms with van der Waals surface area (Å²) in [6.45, 7) is 0. The fraction of sp³-hybridized carbons (Fsp3) is 0.300. The highest BCUT2D eigenvalue weighted by molar-refractivity contribution is 5.92. The quantitative estimate of drug-likeness (QED) is 0.551. The lowest BCUT2D eigenvalue weighted by Gasteiger charge is -2.13. The van der Waals surface area contributed by atoms with Gasteiger partial charge < -0.3 is 5.73 Å². The van der Waals surface area contributed by atoms with Crippen molar-refractivity contribution in [1.29, 1.82) is 5.41 Å². The minimum Gasteiger partial charge on any atom is -0.387 e. The maximum atomic E-state index is 12.9. The second kappa shape index (κ2) is 2.77. The van der Waals surface area contributed by atoms with E-state index in [1.807, 2.05) is 0 Å². The summed E-state index contributed by atoms with van der Waals surface area (Å²) in [5.41, 5.74) is 5.50. The van der Waals surface area contributed by atoms with Crippen LogP contribution >= 0.6 is 0 Å². The van der Waals surface area contributed by atoms with Crippen molar-refractivity contribution in [2.24, 2.45) is 5.73 Å². The minimum absolute atomic E-state index is 0.0310. The van der Waals surface area contributed by atoms with E-state index in [-0.39, 0.29) is 5.84 Å². The van der Waals surface area contributed by atoms with E-state index in [9.17, 15) is 8.78 Å². The van der Waals surface area contributed by atoms with E-state index in [1.165, 1.54) is 6.07 Å². The van der Waals surface area contributed by atoms with Gasteiger partial charge in [0, 0.05) is 0 Å². The molecule has 2 nitrogen and oxygen atoms in total. The maximum absolute atomic E-state index is 12.9. The second-order valence-corrected chi connectivity index (χ2v) is 3.62. The zero-order valence-corrected chi connectivity index (χ0v) is 7.48. The Morgan fingerprint density at radius 2 is 1.93 bits per heavy atom. The third-order valence-electron chi connectivity index (χ3n) is 2.74. The molecule has 0 spiro atoms. The van der Waals surface area contributed by atoms with Crippen LogP contribution in [0.15, 0.2) is 18.2 Å². The summed E-state index contributed by atoms with van der Waals surface area (Å²) in [4.78, 5) is 0. The van der Waals surface area contributed by atoms with Gasteiger partial charge in [0.25, 0.3) is 0 Å². The molecule has 0 aromatic heterocycles. The summed E-state index contributed by atoms with van der Waals surface area (Å²) < 4.78 is 25.6. The zero-order chi connectivity index (χ0) is 10.3. The average molecular weight is 196 g/mol. The van der Waals surface area contributed by atoms with Crippen LogP contribution in [-0.2, 0) is 5.41 Å². The van der Waals surface area contributed by atoms with Gasteiger partial charge in [0.1, 0.15) is 5.84 Å². The summed E-state index contributed by atoms with van der Waals surface area (Å²) in [5.74, 6) is -1.72. The Hall–Kier alpha value is -1.45. The summed E-state index contributed by atoms with van der Waals surface area (Å²) in [6, 6.07) is 3.70. The van der Waals surface area contributed by atoms with Crippen molar-refractivity contribution in [2.75, 3.05) is 0 Å². The van der Waals surface area contributed by atoms with Crippen molar-refractivity contribution in [3.8, 4) is 0 Å². The highest BCUT2D eigenvalue weighted by atomic mass is 19.2. The van der Waals surface area contributed by atoms with Crippen molar-refractivity contribution in [3.63, 3.8) is 0 Å². The lowest BCUT2D eigenvalue weighted by atomic mass is 9.95. The Labute approximate surface area is 80.2 Å². The number of rotatable bonds is 2. The topological polar surface area (TPSA) is 49.9 Å². The number of hydrogen-bond acceptors (Lipinski definition) is 1. The first kappa shape index (κ1) is 9.12. The van der Waals surface area contributed by atoms with E-state index < -0.39 is 17.0 Å². The third kappa shape index (κ3) is 1.18. The molecule has 0 heterocycles. The van der Waals surface area contributed by atoms with Crippen molar-refractivity contribution in [3.05, 3.63) is 35.4 Å². The summed E-state index contributed by atoms with van der Waals surface area (Å²) >= 11 is 0. The Morgan fingerprint density at radius 1 is 1.29 bits per heavy atom. The van der Waals surface area contributed by atoms with E-state index in [2.05, 4.69) is 0 Å². The standard InChI is InChI=1S/C10H10F2N2/c11-7-2-1-6(5-8(7)12)10(3-4-10)9(13)14/h1-2,5H,3-4H2,(H3,13,14). The average Bonchev–Trinajstić information content (AvgIpc) is 2.90. The van der Waals surface area contributed by atoms with Crippen LogP contribution in [-0.4, -0.2) is 5.84 Å². The Kier molecular flexibility index (Phi) is 1.80.